The van der Waals surface area contributed by atoms with Gasteiger partial charge in [-0.05, 0) is 39.0 Å². The van der Waals surface area contributed by atoms with Crippen LogP contribution >= 0.6 is 0 Å². The van der Waals surface area contributed by atoms with E-state index in [1.165, 1.54) is 70.6 Å². The smallest absolute Gasteiger partial charge is 0.310 e. The molecule has 0 amide bonds. The Morgan fingerprint density at radius 3 is 1.83 bits per heavy atom. The van der Waals surface area contributed by atoms with Gasteiger partial charge in [-0.3, -0.25) is 4.79 Å². The quantitative estimate of drug-likeness (QED) is 0.131. The molecule has 0 fully saturated rings. The molecule has 134 valence electrons. The first-order valence-electron chi connectivity index (χ1n) is 9.68. The molecular formula is C21H38O2. The molecule has 2 heteroatoms. The highest BCUT2D eigenvalue weighted by Crippen LogP contribution is 2.10. The molecule has 0 heterocycles. The molecule has 0 spiro atoms. The van der Waals surface area contributed by atoms with Crippen molar-refractivity contribution in [2.24, 2.45) is 0 Å². The van der Waals surface area contributed by atoms with E-state index in [4.69, 9.17) is 4.74 Å². The average Bonchev–Trinajstić information content (AvgIpc) is 2.50. The van der Waals surface area contributed by atoms with Crippen LogP contribution in [-0.4, -0.2) is 5.97 Å². The summed E-state index contributed by atoms with van der Waals surface area (Å²) in [6.07, 6.45) is 21.7. The van der Waals surface area contributed by atoms with Gasteiger partial charge in [0.05, 0.1) is 5.76 Å². The maximum atomic E-state index is 11.3. The van der Waals surface area contributed by atoms with E-state index in [1.807, 2.05) is 0 Å². The van der Waals surface area contributed by atoms with Crippen molar-refractivity contribution in [3.05, 3.63) is 24.5 Å². The molecule has 0 aliphatic rings. The molecule has 0 aliphatic carbocycles. The Hall–Kier alpha value is -1.05. The summed E-state index contributed by atoms with van der Waals surface area (Å²) < 4.78 is 4.93. The second-order valence-corrected chi connectivity index (χ2v) is 6.51. The zero-order valence-electron chi connectivity index (χ0n) is 15.6. The number of esters is 1. The number of rotatable bonds is 16. The summed E-state index contributed by atoms with van der Waals surface area (Å²) in [5.41, 5.74) is 0. The lowest BCUT2D eigenvalue weighted by Crippen LogP contribution is -2.01. The maximum Gasteiger partial charge on any atom is 0.310 e. The SMILES string of the molecule is C=C(C)OC(=O)CCCCCCC/C=C\CCCCCCCC. The van der Waals surface area contributed by atoms with Crippen molar-refractivity contribution in [1.82, 2.24) is 0 Å². The maximum absolute atomic E-state index is 11.3. The first-order valence-corrected chi connectivity index (χ1v) is 9.68. The fourth-order valence-corrected chi connectivity index (χ4v) is 2.59. The Labute approximate surface area is 144 Å². The predicted octanol–water partition coefficient (Wildman–Crippen LogP) is 7.10. The zero-order chi connectivity index (χ0) is 17.2. The first kappa shape index (κ1) is 21.9. The van der Waals surface area contributed by atoms with Gasteiger partial charge in [-0.2, -0.15) is 0 Å². The molecule has 23 heavy (non-hydrogen) atoms. The summed E-state index contributed by atoms with van der Waals surface area (Å²) >= 11 is 0. The van der Waals surface area contributed by atoms with Gasteiger partial charge >= 0.3 is 5.97 Å². The Bertz CT molecular complexity index is 318. The minimum Gasteiger partial charge on any atom is -0.432 e. The molecular weight excluding hydrogens is 284 g/mol. The standard InChI is InChI=1S/C21H38O2/c1-4-5-6-7-8-9-10-11-12-13-14-15-16-17-18-19-21(22)23-20(2)3/h11-12H,2,4-10,13-19H2,1,3H3/b12-11-. The molecule has 0 saturated heterocycles. The summed E-state index contributed by atoms with van der Waals surface area (Å²) in [4.78, 5) is 11.3. The summed E-state index contributed by atoms with van der Waals surface area (Å²) in [6.45, 7) is 7.54. The summed E-state index contributed by atoms with van der Waals surface area (Å²) in [7, 11) is 0. The number of carbonyl (C=O) groups is 1. The van der Waals surface area contributed by atoms with E-state index in [-0.39, 0.29) is 5.97 Å². The van der Waals surface area contributed by atoms with Crippen molar-refractivity contribution in [3.63, 3.8) is 0 Å². The van der Waals surface area contributed by atoms with E-state index in [1.54, 1.807) is 6.92 Å². The van der Waals surface area contributed by atoms with Gasteiger partial charge < -0.3 is 4.74 Å². The van der Waals surface area contributed by atoms with Crippen LogP contribution in [0.25, 0.3) is 0 Å². The molecule has 0 aromatic carbocycles. The Kier molecular flexibility index (Phi) is 16.5. The van der Waals surface area contributed by atoms with Crippen LogP contribution < -0.4 is 0 Å². The minimum absolute atomic E-state index is 0.143. The normalized spacial score (nSPS) is 11.0. The Morgan fingerprint density at radius 2 is 1.30 bits per heavy atom. The van der Waals surface area contributed by atoms with E-state index in [0.717, 1.165) is 12.8 Å². The number of unbranched alkanes of at least 4 members (excludes halogenated alkanes) is 11. The third-order valence-corrected chi connectivity index (χ3v) is 3.93. The molecule has 0 N–H and O–H groups in total. The molecule has 2 nitrogen and oxygen atoms in total. The third-order valence-electron chi connectivity index (χ3n) is 3.93. The first-order chi connectivity index (χ1) is 11.2. The van der Waals surface area contributed by atoms with E-state index in [2.05, 4.69) is 25.7 Å². The molecule has 0 aromatic rings. The van der Waals surface area contributed by atoms with Gasteiger partial charge in [-0.15, -0.1) is 0 Å². The second kappa shape index (κ2) is 17.3. The van der Waals surface area contributed by atoms with Gasteiger partial charge in [0.25, 0.3) is 0 Å². The van der Waals surface area contributed by atoms with Crippen LogP contribution in [0, 0.1) is 0 Å². The van der Waals surface area contributed by atoms with Gasteiger partial charge in [0.2, 0.25) is 0 Å². The average molecular weight is 323 g/mol. The second-order valence-electron chi connectivity index (χ2n) is 6.51. The minimum atomic E-state index is -0.143. The number of ether oxygens (including phenoxy) is 1. The lowest BCUT2D eigenvalue weighted by Gasteiger charge is -2.02. The molecule has 0 bridgehead atoms. The van der Waals surface area contributed by atoms with Crippen LogP contribution in [0.2, 0.25) is 0 Å². The van der Waals surface area contributed by atoms with Crippen LogP contribution in [0.5, 0.6) is 0 Å². The molecule has 0 aromatic heterocycles. The van der Waals surface area contributed by atoms with Crippen LogP contribution in [0.3, 0.4) is 0 Å². The van der Waals surface area contributed by atoms with Crippen LogP contribution in [-0.2, 0) is 9.53 Å². The highest BCUT2D eigenvalue weighted by molar-refractivity contribution is 5.70. The van der Waals surface area contributed by atoms with Crippen molar-refractivity contribution >= 4 is 5.97 Å². The summed E-state index contributed by atoms with van der Waals surface area (Å²) in [5, 5.41) is 0. The van der Waals surface area contributed by atoms with Gasteiger partial charge in [0.1, 0.15) is 0 Å². The topological polar surface area (TPSA) is 26.3 Å². The van der Waals surface area contributed by atoms with Crippen LogP contribution in [0.4, 0.5) is 0 Å². The van der Waals surface area contributed by atoms with E-state index in [0.29, 0.717) is 12.2 Å². The fraction of sp³-hybridized carbons (Fsp3) is 0.762. The van der Waals surface area contributed by atoms with Crippen molar-refractivity contribution < 1.29 is 9.53 Å². The predicted molar refractivity (Wildman–Crippen MR) is 100 cm³/mol. The number of hydrogen-bond acceptors (Lipinski definition) is 2. The largest absolute Gasteiger partial charge is 0.432 e. The lowest BCUT2D eigenvalue weighted by atomic mass is 10.1. The lowest BCUT2D eigenvalue weighted by molar-refractivity contribution is -0.139. The van der Waals surface area contributed by atoms with Crippen molar-refractivity contribution in [3.8, 4) is 0 Å². The monoisotopic (exact) mass is 322 g/mol. The van der Waals surface area contributed by atoms with Crippen molar-refractivity contribution in [1.29, 1.82) is 0 Å². The van der Waals surface area contributed by atoms with Crippen LogP contribution in [0.15, 0.2) is 24.5 Å². The molecule has 0 rings (SSSR count). The fourth-order valence-electron chi connectivity index (χ4n) is 2.59. The van der Waals surface area contributed by atoms with Gasteiger partial charge in [-0.1, -0.05) is 77.0 Å². The molecule has 0 unspecified atom stereocenters. The van der Waals surface area contributed by atoms with Gasteiger partial charge in [-0.25, -0.2) is 0 Å². The van der Waals surface area contributed by atoms with Crippen LogP contribution in [0.1, 0.15) is 104 Å². The summed E-state index contributed by atoms with van der Waals surface area (Å²) in [6, 6.07) is 0. The molecule has 0 radical (unpaired) electrons. The highest BCUT2D eigenvalue weighted by Gasteiger charge is 2.02. The Morgan fingerprint density at radius 1 is 0.826 bits per heavy atom. The third kappa shape index (κ3) is 18.9. The van der Waals surface area contributed by atoms with E-state index >= 15 is 0 Å². The van der Waals surface area contributed by atoms with Crippen molar-refractivity contribution in [2.75, 3.05) is 0 Å². The molecule has 0 atom stereocenters. The number of carbonyl (C=O) groups excluding carboxylic acids is 1. The van der Waals surface area contributed by atoms with Crippen molar-refractivity contribution in [2.45, 2.75) is 104 Å². The number of allylic oxidation sites excluding steroid dienone is 3. The van der Waals surface area contributed by atoms with E-state index < -0.39 is 0 Å². The summed E-state index contributed by atoms with van der Waals surface area (Å²) in [5.74, 6) is 0.345. The highest BCUT2D eigenvalue weighted by atomic mass is 16.5. The number of hydrogen-bond donors (Lipinski definition) is 0. The zero-order valence-corrected chi connectivity index (χ0v) is 15.6. The molecule has 0 aliphatic heterocycles. The van der Waals surface area contributed by atoms with Gasteiger partial charge in [0, 0.05) is 6.42 Å². The van der Waals surface area contributed by atoms with E-state index in [9.17, 15) is 4.79 Å². The van der Waals surface area contributed by atoms with Gasteiger partial charge in [0.15, 0.2) is 0 Å². The molecule has 0 saturated carbocycles. The Balaban J connectivity index is 3.19.